The van der Waals surface area contributed by atoms with Crippen LogP contribution in [0.3, 0.4) is 0 Å². The Morgan fingerprint density at radius 3 is 2.68 bits per heavy atom. The van der Waals surface area contributed by atoms with Crippen molar-refractivity contribution < 1.29 is 23.9 Å². The SMILES string of the molecule is C=CCOC(=O)C1=C(C(=O)OCC)CN2C[C@H](N)C(=O)N12.Cl. The quantitative estimate of drug-likeness (QED) is 0.527. The monoisotopic (exact) mass is 331 g/mol. The van der Waals surface area contributed by atoms with Crippen LogP contribution in [0.4, 0.5) is 0 Å². The fraction of sp³-hybridized carbons (Fsp3) is 0.462. The predicted octanol–water partition coefficient (Wildman–Crippen LogP) is -0.645. The smallest absolute Gasteiger partial charge is 0.357 e. The Morgan fingerprint density at radius 2 is 2.09 bits per heavy atom. The largest absolute Gasteiger partial charge is 0.463 e. The van der Waals surface area contributed by atoms with Crippen LogP contribution in [0.5, 0.6) is 0 Å². The molecule has 0 spiro atoms. The maximum Gasteiger partial charge on any atom is 0.357 e. The number of hydrogen-bond donors (Lipinski definition) is 1. The van der Waals surface area contributed by atoms with E-state index in [0.29, 0.717) is 0 Å². The molecule has 0 aromatic carbocycles. The van der Waals surface area contributed by atoms with Crippen molar-refractivity contribution in [1.82, 2.24) is 10.0 Å². The summed E-state index contributed by atoms with van der Waals surface area (Å²) in [4.78, 5) is 36.1. The zero-order valence-corrected chi connectivity index (χ0v) is 12.9. The number of esters is 2. The fourth-order valence-electron chi connectivity index (χ4n) is 2.25. The van der Waals surface area contributed by atoms with Gasteiger partial charge < -0.3 is 15.2 Å². The van der Waals surface area contributed by atoms with Gasteiger partial charge in [-0.2, -0.15) is 0 Å². The lowest BCUT2D eigenvalue weighted by atomic mass is 10.2. The van der Waals surface area contributed by atoms with Crippen molar-refractivity contribution in [2.45, 2.75) is 13.0 Å². The van der Waals surface area contributed by atoms with E-state index in [1.54, 1.807) is 6.92 Å². The van der Waals surface area contributed by atoms with Crippen molar-refractivity contribution in [3.63, 3.8) is 0 Å². The van der Waals surface area contributed by atoms with Crippen LogP contribution >= 0.6 is 12.4 Å². The van der Waals surface area contributed by atoms with E-state index < -0.39 is 23.9 Å². The lowest BCUT2D eigenvalue weighted by molar-refractivity contribution is -0.146. The van der Waals surface area contributed by atoms with Gasteiger partial charge in [-0.3, -0.25) is 4.79 Å². The molecule has 0 aromatic rings. The molecule has 1 saturated heterocycles. The van der Waals surface area contributed by atoms with Crippen molar-refractivity contribution in [3.05, 3.63) is 23.9 Å². The van der Waals surface area contributed by atoms with E-state index in [9.17, 15) is 14.4 Å². The second-order valence-electron chi connectivity index (χ2n) is 4.54. The average molecular weight is 332 g/mol. The number of halogens is 1. The van der Waals surface area contributed by atoms with E-state index in [0.717, 1.165) is 5.01 Å². The summed E-state index contributed by atoms with van der Waals surface area (Å²) in [6.07, 6.45) is 1.40. The van der Waals surface area contributed by atoms with E-state index in [2.05, 4.69) is 6.58 Å². The van der Waals surface area contributed by atoms with E-state index in [4.69, 9.17) is 15.2 Å². The molecule has 2 aliphatic heterocycles. The van der Waals surface area contributed by atoms with Gasteiger partial charge in [0.05, 0.1) is 18.7 Å². The van der Waals surface area contributed by atoms with E-state index in [1.165, 1.54) is 11.1 Å². The van der Waals surface area contributed by atoms with Crippen molar-refractivity contribution in [2.24, 2.45) is 5.73 Å². The molecule has 22 heavy (non-hydrogen) atoms. The van der Waals surface area contributed by atoms with Crippen molar-refractivity contribution in [2.75, 3.05) is 26.3 Å². The van der Waals surface area contributed by atoms with Crippen molar-refractivity contribution >= 4 is 30.3 Å². The summed E-state index contributed by atoms with van der Waals surface area (Å²) in [5, 5.41) is 2.64. The third kappa shape index (κ3) is 3.13. The van der Waals surface area contributed by atoms with Gasteiger partial charge in [-0.25, -0.2) is 19.6 Å². The molecule has 2 aliphatic rings. The third-order valence-corrected chi connectivity index (χ3v) is 3.10. The minimum atomic E-state index is -0.775. The molecule has 2 heterocycles. The van der Waals surface area contributed by atoms with Gasteiger partial charge in [0.2, 0.25) is 0 Å². The van der Waals surface area contributed by atoms with E-state index in [-0.39, 0.29) is 50.0 Å². The molecule has 8 nitrogen and oxygen atoms in total. The molecule has 0 bridgehead atoms. The summed E-state index contributed by atoms with van der Waals surface area (Å²) in [6.45, 7) is 5.58. The lowest BCUT2D eigenvalue weighted by Crippen LogP contribution is -2.38. The average Bonchev–Trinajstić information content (AvgIpc) is 2.94. The number of nitrogens with zero attached hydrogens (tertiary/aromatic N) is 2. The van der Waals surface area contributed by atoms with Gasteiger partial charge >= 0.3 is 11.9 Å². The first-order valence-electron chi connectivity index (χ1n) is 6.54. The number of carbonyl (C=O) groups is 3. The first kappa shape index (κ1) is 18.1. The number of ether oxygens (including phenoxy) is 2. The topological polar surface area (TPSA) is 102 Å². The van der Waals surface area contributed by atoms with Crippen LogP contribution in [0.15, 0.2) is 23.9 Å². The van der Waals surface area contributed by atoms with Gasteiger partial charge in [0.1, 0.15) is 12.6 Å². The number of amides is 1. The Balaban J connectivity index is 0.00000242. The number of fused-ring (bicyclic) bond motifs is 1. The molecule has 2 N–H and O–H groups in total. The molecule has 0 aromatic heterocycles. The Morgan fingerprint density at radius 1 is 1.41 bits per heavy atom. The van der Waals surface area contributed by atoms with Gasteiger partial charge in [0, 0.05) is 6.54 Å². The number of hydrogen-bond acceptors (Lipinski definition) is 7. The van der Waals surface area contributed by atoms with Crippen LogP contribution < -0.4 is 5.73 Å². The van der Waals surface area contributed by atoms with Gasteiger partial charge in [0.25, 0.3) is 5.91 Å². The molecule has 1 fully saturated rings. The summed E-state index contributed by atoms with van der Waals surface area (Å²) >= 11 is 0. The Hall–Kier alpha value is -1.90. The Labute approximate surface area is 133 Å². The second-order valence-corrected chi connectivity index (χ2v) is 4.54. The zero-order chi connectivity index (χ0) is 15.6. The van der Waals surface area contributed by atoms with Crippen LogP contribution in [0.1, 0.15) is 6.92 Å². The standard InChI is InChI=1S/C13H17N3O5.ClH/c1-3-5-21-13(19)10-8(12(18)20-4-2)6-15-7-9(14)11(17)16(10)15;/h3,9H,1,4-7,14H2,2H3;1H/t9-;/m0./s1. The molecule has 0 radical (unpaired) electrons. The van der Waals surface area contributed by atoms with Gasteiger partial charge in [0.15, 0.2) is 5.70 Å². The molecule has 0 aliphatic carbocycles. The zero-order valence-electron chi connectivity index (χ0n) is 12.1. The third-order valence-electron chi connectivity index (χ3n) is 3.10. The van der Waals surface area contributed by atoms with Crippen molar-refractivity contribution in [3.8, 4) is 0 Å². The number of carbonyl (C=O) groups excluding carboxylic acids is 3. The molecule has 1 atom stereocenters. The predicted molar refractivity (Wildman–Crippen MR) is 78.5 cm³/mol. The Kier molecular flexibility index (Phi) is 6.10. The minimum absolute atomic E-state index is 0. The highest BCUT2D eigenvalue weighted by Gasteiger charge is 2.48. The van der Waals surface area contributed by atoms with Crippen LogP contribution in [0, 0.1) is 0 Å². The first-order chi connectivity index (χ1) is 10.0. The highest BCUT2D eigenvalue weighted by atomic mass is 35.5. The fourth-order valence-corrected chi connectivity index (χ4v) is 2.25. The van der Waals surface area contributed by atoms with Gasteiger partial charge in [-0.05, 0) is 6.92 Å². The van der Waals surface area contributed by atoms with Crippen molar-refractivity contribution in [1.29, 1.82) is 0 Å². The molecule has 2 rings (SSSR count). The summed E-state index contributed by atoms with van der Waals surface area (Å²) in [5.41, 5.74) is 5.66. The number of rotatable bonds is 5. The van der Waals surface area contributed by atoms with Crippen LogP contribution in [-0.4, -0.2) is 60.2 Å². The van der Waals surface area contributed by atoms with Gasteiger partial charge in [-0.1, -0.05) is 12.7 Å². The first-order valence-corrected chi connectivity index (χ1v) is 6.54. The summed E-state index contributed by atoms with van der Waals surface area (Å²) < 4.78 is 9.86. The summed E-state index contributed by atoms with van der Waals surface area (Å²) in [7, 11) is 0. The van der Waals surface area contributed by atoms with E-state index >= 15 is 0 Å². The van der Waals surface area contributed by atoms with Crippen LogP contribution in [-0.2, 0) is 23.9 Å². The number of nitrogens with two attached hydrogens (primary N) is 1. The minimum Gasteiger partial charge on any atom is -0.463 e. The highest BCUT2D eigenvalue weighted by molar-refractivity contribution is 6.05. The molecular weight excluding hydrogens is 314 g/mol. The summed E-state index contributed by atoms with van der Waals surface area (Å²) in [6, 6.07) is -0.726. The number of hydrazine groups is 1. The second kappa shape index (κ2) is 7.39. The molecule has 1 amide bonds. The lowest BCUT2D eigenvalue weighted by Gasteiger charge is -2.20. The molecule has 122 valence electrons. The molecule has 9 heteroatoms. The molecular formula is C13H18ClN3O5. The molecule has 0 saturated carbocycles. The highest BCUT2D eigenvalue weighted by Crippen LogP contribution is 2.30. The normalized spacial score (nSPS) is 20.5. The maximum absolute atomic E-state index is 12.1. The van der Waals surface area contributed by atoms with Gasteiger partial charge in [-0.15, -0.1) is 12.4 Å². The van der Waals surface area contributed by atoms with Crippen LogP contribution in [0.25, 0.3) is 0 Å². The Bertz CT molecular complexity index is 534. The molecule has 0 unspecified atom stereocenters. The van der Waals surface area contributed by atoms with Crippen LogP contribution in [0.2, 0.25) is 0 Å². The summed E-state index contributed by atoms with van der Waals surface area (Å²) in [5.74, 6) is -1.86. The maximum atomic E-state index is 12.1. The van der Waals surface area contributed by atoms with E-state index in [1.807, 2.05) is 0 Å².